The van der Waals surface area contributed by atoms with Gasteiger partial charge in [0, 0.05) is 35.6 Å². The van der Waals surface area contributed by atoms with Crippen LogP contribution in [0, 0.1) is 5.41 Å². The van der Waals surface area contributed by atoms with Crippen molar-refractivity contribution in [1.29, 1.82) is 0 Å². The zero-order chi connectivity index (χ0) is 18.4. The number of carbonyl (C=O) groups is 1. The number of benzene rings is 2. The van der Waals surface area contributed by atoms with Gasteiger partial charge in [0.2, 0.25) is 5.91 Å². The van der Waals surface area contributed by atoms with Crippen LogP contribution in [0.2, 0.25) is 0 Å². The summed E-state index contributed by atoms with van der Waals surface area (Å²) in [6, 6.07) is 18.5. The predicted molar refractivity (Wildman–Crippen MR) is 107 cm³/mol. The molecule has 4 nitrogen and oxygen atoms in total. The lowest BCUT2D eigenvalue weighted by Gasteiger charge is -2.34. The summed E-state index contributed by atoms with van der Waals surface area (Å²) in [7, 11) is 0. The molecule has 1 amide bonds. The van der Waals surface area contributed by atoms with Crippen molar-refractivity contribution >= 4 is 23.4 Å². The number of carbonyl (C=O) groups excluding carboxylic acids is 1. The molecule has 0 radical (unpaired) electrons. The Morgan fingerprint density at radius 3 is 2.42 bits per heavy atom. The molecule has 1 heterocycles. The Bertz CT molecular complexity index is 713. The Morgan fingerprint density at radius 2 is 1.81 bits per heavy atom. The third-order valence-corrected chi connectivity index (χ3v) is 6.19. The number of hydrogen-bond acceptors (Lipinski definition) is 4. The second-order valence-electron chi connectivity index (χ2n) is 6.75. The Balaban J connectivity index is 1.63. The molecule has 3 N–H and O–H groups in total. The predicted octanol–water partition coefficient (Wildman–Crippen LogP) is 4.23. The van der Waals surface area contributed by atoms with E-state index in [-0.39, 0.29) is 5.91 Å². The first kappa shape index (κ1) is 19.0. The summed E-state index contributed by atoms with van der Waals surface area (Å²) in [5.74, 6) is 0.00255. The van der Waals surface area contributed by atoms with Crippen molar-refractivity contribution in [2.75, 3.05) is 25.1 Å². The molecular weight excluding hydrogens is 344 g/mol. The lowest BCUT2D eigenvalue weighted by atomic mass is 9.79. The van der Waals surface area contributed by atoms with Crippen molar-refractivity contribution in [2.45, 2.75) is 29.9 Å². The molecule has 0 aliphatic carbocycles. The van der Waals surface area contributed by atoms with E-state index in [4.69, 9.17) is 10.5 Å². The molecule has 0 bridgehead atoms. The fraction of sp³-hybridized carbons (Fsp3) is 0.381. The number of thioether (sulfide) groups is 1. The van der Waals surface area contributed by atoms with Gasteiger partial charge in [-0.3, -0.25) is 4.79 Å². The van der Waals surface area contributed by atoms with Crippen LogP contribution >= 0.6 is 11.8 Å². The van der Waals surface area contributed by atoms with E-state index in [1.807, 2.05) is 30.0 Å². The number of rotatable bonds is 6. The Hall–Kier alpha value is -1.82. The van der Waals surface area contributed by atoms with Crippen LogP contribution in [0.5, 0.6) is 0 Å². The van der Waals surface area contributed by atoms with Crippen molar-refractivity contribution in [2.24, 2.45) is 11.1 Å². The molecule has 138 valence electrons. The normalized spacial score (nSPS) is 17.5. The minimum atomic E-state index is -0.507. The molecule has 1 aliphatic heterocycles. The third kappa shape index (κ3) is 4.47. The summed E-state index contributed by atoms with van der Waals surface area (Å²) < 4.78 is 5.38. The first-order chi connectivity index (χ1) is 12.6. The molecule has 0 saturated carbocycles. The average molecular weight is 371 g/mol. The van der Waals surface area contributed by atoms with Crippen molar-refractivity contribution in [3.8, 4) is 0 Å². The second kappa shape index (κ2) is 8.71. The van der Waals surface area contributed by atoms with E-state index in [0.29, 0.717) is 37.9 Å². The summed E-state index contributed by atoms with van der Waals surface area (Å²) in [6.07, 6.45) is 1.36. The van der Waals surface area contributed by atoms with Gasteiger partial charge in [0.25, 0.3) is 0 Å². The number of hydrogen-bond donors (Lipinski definition) is 2. The number of amides is 1. The van der Waals surface area contributed by atoms with Crippen LogP contribution < -0.4 is 11.1 Å². The zero-order valence-corrected chi connectivity index (χ0v) is 15.9. The second-order valence-corrected chi connectivity index (χ2v) is 8.16. The molecule has 1 aliphatic rings. The lowest BCUT2D eigenvalue weighted by Crippen LogP contribution is -2.46. The highest BCUT2D eigenvalue weighted by Crippen LogP contribution is 2.35. The van der Waals surface area contributed by atoms with E-state index in [1.165, 1.54) is 10.5 Å². The third-order valence-electron chi connectivity index (χ3n) is 5.02. The number of nitrogens with two attached hydrogens (primary N) is 1. The van der Waals surface area contributed by atoms with Crippen LogP contribution in [-0.4, -0.2) is 25.7 Å². The molecule has 1 saturated heterocycles. The van der Waals surface area contributed by atoms with Gasteiger partial charge in [-0.25, -0.2) is 0 Å². The minimum absolute atomic E-state index is 0.00255. The Kier molecular flexibility index (Phi) is 6.35. The van der Waals surface area contributed by atoms with Gasteiger partial charge in [0.05, 0.1) is 5.41 Å². The first-order valence-corrected chi connectivity index (χ1v) is 9.92. The topological polar surface area (TPSA) is 64.4 Å². The van der Waals surface area contributed by atoms with Crippen LogP contribution in [0.3, 0.4) is 0 Å². The molecule has 1 atom stereocenters. The quantitative estimate of drug-likeness (QED) is 0.747. The SMILES string of the molecule is CC(Sc1ccccc1)c1ccc(NC(=O)C2(CN)CCOCC2)cc1. The van der Waals surface area contributed by atoms with Crippen molar-refractivity contribution in [1.82, 2.24) is 0 Å². The van der Waals surface area contributed by atoms with Gasteiger partial charge in [0.15, 0.2) is 0 Å². The van der Waals surface area contributed by atoms with E-state index in [0.717, 1.165) is 5.69 Å². The Morgan fingerprint density at radius 1 is 1.15 bits per heavy atom. The van der Waals surface area contributed by atoms with E-state index in [2.05, 4.69) is 48.6 Å². The van der Waals surface area contributed by atoms with Crippen LogP contribution in [-0.2, 0) is 9.53 Å². The zero-order valence-electron chi connectivity index (χ0n) is 15.1. The molecule has 0 aromatic heterocycles. The Labute approximate surface area is 159 Å². The van der Waals surface area contributed by atoms with Gasteiger partial charge in [-0.05, 0) is 49.6 Å². The molecule has 26 heavy (non-hydrogen) atoms. The van der Waals surface area contributed by atoms with Gasteiger partial charge in [-0.2, -0.15) is 0 Å². The molecule has 1 unspecified atom stereocenters. The van der Waals surface area contributed by atoms with Crippen LogP contribution in [0.25, 0.3) is 0 Å². The van der Waals surface area contributed by atoms with Crippen molar-refractivity contribution < 1.29 is 9.53 Å². The fourth-order valence-corrected chi connectivity index (χ4v) is 4.17. The van der Waals surface area contributed by atoms with Crippen LogP contribution in [0.4, 0.5) is 5.69 Å². The maximum atomic E-state index is 12.7. The largest absolute Gasteiger partial charge is 0.381 e. The molecule has 3 rings (SSSR count). The van der Waals surface area contributed by atoms with Gasteiger partial charge < -0.3 is 15.8 Å². The maximum Gasteiger partial charge on any atom is 0.232 e. The highest BCUT2D eigenvalue weighted by Gasteiger charge is 2.38. The summed E-state index contributed by atoms with van der Waals surface area (Å²) in [5.41, 5.74) is 7.45. The first-order valence-electron chi connectivity index (χ1n) is 9.04. The number of ether oxygens (including phenoxy) is 1. The molecule has 2 aromatic rings. The van der Waals surface area contributed by atoms with Gasteiger partial charge in [-0.15, -0.1) is 11.8 Å². The standard InChI is InChI=1S/C21H26N2O2S/c1-16(26-19-5-3-2-4-6-19)17-7-9-18(10-8-17)23-20(24)21(15-22)11-13-25-14-12-21/h2-10,16H,11-15,22H2,1H3,(H,23,24). The lowest BCUT2D eigenvalue weighted by molar-refractivity contribution is -0.130. The summed E-state index contributed by atoms with van der Waals surface area (Å²) in [5, 5.41) is 3.38. The number of nitrogens with one attached hydrogen (secondary N) is 1. The molecule has 5 heteroatoms. The van der Waals surface area contributed by atoms with Crippen LogP contribution in [0.15, 0.2) is 59.5 Å². The summed E-state index contributed by atoms with van der Waals surface area (Å²) >= 11 is 1.82. The summed E-state index contributed by atoms with van der Waals surface area (Å²) in [4.78, 5) is 14.0. The van der Waals surface area contributed by atoms with Gasteiger partial charge in [0.1, 0.15) is 0 Å². The smallest absolute Gasteiger partial charge is 0.232 e. The van der Waals surface area contributed by atoms with Crippen molar-refractivity contribution in [3.63, 3.8) is 0 Å². The molecular formula is C21H26N2O2S. The summed E-state index contributed by atoms with van der Waals surface area (Å²) in [6.45, 7) is 3.73. The van der Waals surface area contributed by atoms with Gasteiger partial charge in [-0.1, -0.05) is 30.3 Å². The highest BCUT2D eigenvalue weighted by atomic mass is 32.2. The van der Waals surface area contributed by atoms with Crippen molar-refractivity contribution in [3.05, 3.63) is 60.2 Å². The highest BCUT2D eigenvalue weighted by molar-refractivity contribution is 7.99. The van der Waals surface area contributed by atoms with E-state index >= 15 is 0 Å². The van der Waals surface area contributed by atoms with E-state index < -0.39 is 5.41 Å². The number of anilines is 1. The molecule has 1 fully saturated rings. The molecule has 2 aromatic carbocycles. The monoisotopic (exact) mass is 370 g/mol. The van der Waals surface area contributed by atoms with Crippen LogP contribution in [0.1, 0.15) is 30.6 Å². The van der Waals surface area contributed by atoms with Gasteiger partial charge >= 0.3 is 0 Å². The van der Waals surface area contributed by atoms with E-state index in [9.17, 15) is 4.79 Å². The fourth-order valence-electron chi connectivity index (χ4n) is 3.16. The van der Waals surface area contributed by atoms with E-state index in [1.54, 1.807) is 0 Å². The molecule has 0 spiro atoms. The minimum Gasteiger partial charge on any atom is -0.381 e. The average Bonchev–Trinajstić information content (AvgIpc) is 2.69. The maximum absolute atomic E-state index is 12.7.